The Kier molecular flexibility index (Phi) is 3.82. The van der Waals surface area contributed by atoms with E-state index < -0.39 is 21.1 Å². The molecule has 1 saturated carbocycles. The highest BCUT2D eigenvalue weighted by atomic mass is 35.5. The first kappa shape index (κ1) is 15.9. The first-order valence-electron chi connectivity index (χ1n) is 6.60. The second-order valence-corrected chi connectivity index (χ2v) is 7.44. The summed E-state index contributed by atoms with van der Waals surface area (Å²) >= 11 is 18.9. The summed E-state index contributed by atoms with van der Waals surface area (Å²) in [6.07, 6.45) is 0.518. The lowest BCUT2D eigenvalue weighted by molar-refractivity contribution is -0.124. The van der Waals surface area contributed by atoms with Gasteiger partial charge in [-0.2, -0.15) is 0 Å². The molecular formula is C15H18Cl3NO. The number of nitrogens with two attached hydrogens (primary N) is 1. The van der Waals surface area contributed by atoms with Crippen LogP contribution in [0.2, 0.25) is 5.02 Å². The maximum atomic E-state index is 12.0. The van der Waals surface area contributed by atoms with E-state index in [4.69, 9.17) is 40.5 Å². The Labute approximate surface area is 134 Å². The molecule has 110 valence electrons. The second-order valence-electron chi connectivity index (χ2n) is 5.67. The molecule has 5 heteroatoms. The van der Waals surface area contributed by atoms with E-state index in [1.165, 1.54) is 0 Å². The number of hydrogen-bond donors (Lipinski definition) is 1. The topological polar surface area (TPSA) is 43.1 Å². The molecule has 2 N–H and O–H groups in total. The maximum absolute atomic E-state index is 12.0. The zero-order chi connectivity index (χ0) is 15.3. The van der Waals surface area contributed by atoms with Crippen molar-refractivity contribution in [2.24, 2.45) is 16.6 Å². The molecule has 1 aromatic rings. The lowest BCUT2D eigenvalue weighted by Gasteiger charge is -2.24. The quantitative estimate of drug-likeness (QED) is 0.808. The van der Waals surface area contributed by atoms with Gasteiger partial charge in [-0.3, -0.25) is 4.79 Å². The molecule has 2 nitrogen and oxygen atoms in total. The smallest absolute Gasteiger partial charge is 0.227 e. The Balaban J connectivity index is 2.46. The molecule has 2 rings (SSSR count). The number of benzene rings is 1. The molecule has 1 amide bonds. The molecule has 0 saturated heterocycles. The third kappa shape index (κ3) is 1.68. The molecule has 1 aliphatic carbocycles. The van der Waals surface area contributed by atoms with Crippen molar-refractivity contribution in [3.05, 3.63) is 34.9 Å². The predicted octanol–water partition coefficient (Wildman–Crippen LogP) is 4.52. The highest BCUT2D eigenvalue weighted by molar-refractivity contribution is 6.54. The van der Waals surface area contributed by atoms with Crippen LogP contribution in [0.4, 0.5) is 0 Å². The summed E-state index contributed by atoms with van der Waals surface area (Å²) in [6, 6.07) is 7.51. The molecule has 0 heterocycles. The number of halogens is 3. The summed E-state index contributed by atoms with van der Waals surface area (Å²) in [5.74, 6) is -0.449. The minimum atomic E-state index is -1.15. The predicted molar refractivity (Wildman–Crippen MR) is 84.3 cm³/mol. The minimum absolute atomic E-state index is 0.0118. The molecular weight excluding hydrogens is 317 g/mol. The van der Waals surface area contributed by atoms with Gasteiger partial charge in [-0.25, -0.2) is 0 Å². The van der Waals surface area contributed by atoms with Crippen LogP contribution in [0.25, 0.3) is 0 Å². The minimum Gasteiger partial charge on any atom is -0.369 e. The van der Waals surface area contributed by atoms with E-state index in [1.54, 1.807) is 0 Å². The van der Waals surface area contributed by atoms with E-state index in [-0.39, 0.29) is 5.92 Å². The first-order valence-corrected chi connectivity index (χ1v) is 7.73. The molecule has 1 aliphatic rings. The number of carbonyl (C=O) groups is 1. The highest BCUT2D eigenvalue weighted by Crippen LogP contribution is 2.83. The Morgan fingerprint density at radius 1 is 1.30 bits per heavy atom. The van der Waals surface area contributed by atoms with E-state index in [2.05, 4.69) is 0 Å². The average molecular weight is 335 g/mol. The summed E-state index contributed by atoms with van der Waals surface area (Å²) in [4.78, 5) is 12.0. The maximum Gasteiger partial charge on any atom is 0.227 e. The third-order valence-electron chi connectivity index (χ3n) is 5.20. The van der Waals surface area contributed by atoms with Crippen molar-refractivity contribution in [1.29, 1.82) is 0 Å². The number of primary amides is 1. The van der Waals surface area contributed by atoms with Gasteiger partial charge >= 0.3 is 0 Å². The van der Waals surface area contributed by atoms with Crippen LogP contribution in [0.15, 0.2) is 24.3 Å². The van der Waals surface area contributed by atoms with Crippen LogP contribution in [-0.2, 0) is 4.79 Å². The fourth-order valence-electron chi connectivity index (χ4n) is 3.62. The van der Waals surface area contributed by atoms with Gasteiger partial charge in [0.2, 0.25) is 5.91 Å². The standard InChI is InChI=1S/C15H18Cl3NO/c1-4-14(12(19)20)13(3,15(14,17)18)9(2)10-5-7-11(16)8-6-10/h5-9H,4H2,1-3H3,(H2,19,20)/t9-,13-,14-/m1/s1. The Bertz CT molecular complexity index is 543. The molecule has 1 fully saturated rings. The van der Waals surface area contributed by atoms with Crippen LogP contribution >= 0.6 is 34.8 Å². The molecule has 0 aromatic heterocycles. The van der Waals surface area contributed by atoms with E-state index >= 15 is 0 Å². The van der Waals surface area contributed by atoms with Crippen molar-refractivity contribution in [3.63, 3.8) is 0 Å². The Hall–Kier alpha value is -0.440. The number of carbonyl (C=O) groups excluding carboxylic acids is 1. The molecule has 3 atom stereocenters. The monoisotopic (exact) mass is 333 g/mol. The van der Waals surface area contributed by atoms with Gasteiger partial charge < -0.3 is 5.73 Å². The largest absolute Gasteiger partial charge is 0.369 e. The zero-order valence-electron chi connectivity index (χ0n) is 11.7. The van der Waals surface area contributed by atoms with Crippen LogP contribution in [0.3, 0.4) is 0 Å². The molecule has 20 heavy (non-hydrogen) atoms. The zero-order valence-corrected chi connectivity index (χ0v) is 14.0. The molecule has 0 aliphatic heterocycles. The van der Waals surface area contributed by atoms with E-state index in [0.717, 1.165) is 5.56 Å². The molecule has 1 aromatic carbocycles. The van der Waals surface area contributed by atoms with Gasteiger partial charge in [0, 0.05) is 10.4 Å². The van der Waals surface area contributed by atoms with E-state index in [9.17, 15) is 4.79 Å². The van der Waals surface area contributed by atoms with Gasteiger partial charge in [0.25, 0.3) is 0 Å². The number of amides is 1. The highest BCUT2D eigenvalue weighted by Gasteiger charge is 2.87. The number of alkyl halides is 2. The SMILES string of the molecule is CC[C@]1(C(N)=O)C(Cl)(Cl)[C@]1(C)[C@H](C)c1ccc(Cl)cc1. The van der Waals surface area contributed by atoms with Crippen LogP contribution in [-0.4, -0.2) is 10.2 Å². The lowest BCUT2D eigenvalue weighted by Crippen LogP contribution is -2.32. The lowest BCUT2D eigenvalue weighted by atomic mass is 9.78. The van der Waals surface area contributed by atoms with E-state index in [1.807, 2.05) is 45.0 Å². The van der Waals surface area contributed by atoms with Crippen molar-refractivity contribution >= 4 is 40.7 Å². The average Bonchev–Trinajstić information content (AvgIpc) is 2.80. The summed E-state index contributed by atoms with van der Waals surface area (Å²) in [6.45, 7) is 5.84. The fourth-order valence-corrected chi connectivity index (χ4v) is 5.15. The van der Waals surface area contributed by atoms with Gasteiger partial charge in [0.05, 0.1) is 5.41 Å². The number of rotatable bonds is 4. The van der Waals surface area contributed by atoms with Gasteiger partial charge in [0.15, 0.2) is 0 Å². The summed E-state index contributed by atoms with van der Waals surface area (Å²) in [5, 5.41) is 0.668. The van der Waals surface area contributed by atoms with E-state index in [0.29, 0.717) is 11.4 Å². The molecule has 0 bridgehead atoms. The summed E-state index contributed by atoms with van der Waals surface area (Å²) in [5.41, 5.74) is 5.15. The van der Waals surface area contributed by atoms with Crippen molar-refractivity contribution in [2.75, 3.05) is 0 Å². The van der Waals surface area contributed by atoms with Gasteiger partial charge in [0.1, 0.15) is 4.33 Å². The fraction of sp³-hybridized carbons (Fsp3) is 0.533. The number of hydrogen-bond acceptors (Lipinski definition) is 1. The molecule has 0 radical (unpaired) electrons. The molecule has 0 spiro atoms. The second kappa shape index (κ2) is 4.79. The van der Waals surface area contributed by atoms with Gasteiger partial charge in [-0.1, -0.05) is 67.7 Å². The normalized spacial score (nSPS) is 32.7. The van der Waals surface area contributed by atoms with Gasteiger partial charge in [-0.15, -0.1) is 0 Å². The third-order valence-corrected chi connectivity index (χ3v) is 6.88. The molecule has 0 unspecified atom stereocenters. The Morgan fingerprint density at radius 3 is 2.15 bits per heavy atom. The van der Waals surface area contributed by atoms with Crippen LogP contribution in [0.1, 0.15) is 38.7 Å². The summed E-state index contributed by atoms with van der Waals surface area (Å²) < 4.78 is -1.15. The van der Waals surface area contributed by atoms with Crippen molar-refractivity contribution in [1.82, 2.24) is 0 Å². The van der Waals surface area contributed by atoms with Crippen LogP contribution in [0.5, 0.6) is 0 Å². The Morgan fingerprint density at radius 2 is 1.80 bits per heavy atom. The summed E-state index contributed by atoms with van der Waals surface area (Å²) in [7, 11) is 0. The first-order chi connectivity index (χ1) is 9.16. The van der Waals surface area contributed by atoms with Crippen molar-refractivity contribution in [3.8, 4) is 0 Å². The van der Waals surface area contributed by atoms with Crippen LogP contribution < -0.4 is 5.73 Å². The van der Waals surface area contributed by atoms with Crippen molar-refractivity contribution < 1.29 is 4.79 Å². The van der Waals surface area contributed by atoms with Gasteiger partial charge in [-0.05, 0) is 30.0 Å². The van der Waals surface area contributed by atoms with Crippen molar-refractivity contribution in [2.45, 2.75) is 37.4 Å². The van der Waals surface area contributed by atoms with Crippen LogP contribution in [0, 0.1) is 10.8 Å².